The highest BCUT2D eigenvalue weighted by molar-refractivity contribution is 7.89. The molecule has 11 heteroatoms. The van der Waals surface area contributed by atoms with E-state index < -0.39 is 39.5 Å². The Morgan fingerprint density at radius 2 is 1.63 bits per heavy atom. The van der Waals surface area contributed by atoms with Crippen LogP contribution in [0, 0.1) is 11.3 Å². The predicted molar refractivity (Wildman–Crippen MR) is 167 cm³/mol. The van der Waals surface area contributed by atoms with Crippen molar-refractivity contribution in [1.29, 1.82) is 0 Å². The molecule has 2 aromatic rings. The van der Waals surface area contributed by atoms with Gasteiger partial charge in [-0.15, -0.1) is 0 Å². The van der Waals surface area contributed by atoms with Crippen LogP contribution in [0.1, 0.15) is 53.0 Å². The van der Waals surface area contributed by atoms with Crippen LogP contribution in [0.4, 0.5) is 0 Å². The average molecular weight is 617 g/mol. The molecule has 2 aromatic carbocycles. The lowest BCUT2D eigenvalue weighted by Gasteiger charge is -2.34. The molecule has 3 unspecified atom stereocenters. The van der Waals surface area contributed by atoms with Gasteiger partial charge in [0.2, 0.25) is 21.8 Å². The Balaban J connectivity index is 1.85. The third-order valence-electron chi connectivity index (χ3n) is 7.31. The van der Waals surface area contributed by atoms with Crippen molar-refractivity contribution >= 4 is 21.8 Å². The van der Waals surface area contributed by atoms with Crippen molar-refractivity contribution in [3.05, 3.63) is 60.2 Å². The van der Waals surface area contributed by atoms with E-state index in [1.165, 1.54) is 23.5 Å². The molecule has 1 fully saturated rings. The highest BCUT2D eigenvalue weighted by atomic mass is 32.2. The number of benzene rings is 2. The first-order valence-electron chi connectivity index (χ1n) is 14.9. The van der Waals surface area contributed by atoms with Gasteiger partial charge >= 0.3 is 0 Å². The van der Waals surface area contributed by atoms with E-state index in [0.29, 0.717) is 11.8 Å². The number of aliphatic hydroxyl groups is 1. The van der Waals surface area contributed by atoms with Gasteiger partial charge in [0.1, 0.15) is 11.8 Å². The molecule has 10 nitrogen and oxygen atoms in total. The summed E-state index contributed by atoms with van der Waals surface area (Å²) in [6.07, 6.45) is 1.10. The highest BCUT2D eigenvalue weighted by Gasteiger charge is 2.37. The zero-order valence-corrected chi connectivity index (χ0v) is 27.0. The second-order valence-electron chi connectivity index (χ2n) is 12.8. The van der Waals surface area contributed by atoms with E-state index in [-0.39, 0.29) is 42.8 Å². The number of sulfonamides is 1. The van der Waals surface area contributed by atoms with Crippen LogP contribution in [0.5, 0.6) is 5.75 Å². The molecule has 1 saturated carbocycles. The monoisotopic (exact) mass is 616 g/mol. The van der Waals surface area contributed by atoms with E-state index in [0.717, 1.165) is 18.4 Å². The summed E-state index contributed by atoms with van der Waals surface area (Å²) >= 11 is 0. The van der Waals surface area contributed by atoms with Gasteiger partial charge in [-0.2, -0.15) is 4.31 Å². The van der Waals surface area contributed by atoms with Gasteiger partial charge in [0.05, 0.1) is 30.7 Å². The maximum atomic E-state index is 13.7. The summed E-state index contributed by atoms with van der Waals surface area (Å²) in [6, 6.07) is 14.1. The fourth-order valence-electron chi connectivity index (χ4n) is 4.74. The van der Waals surface area contributed by atoms with Crippen molar-refractivity contribution in [3.63, 3.8) is 0 Å². The van der Waals surface area contributed by atoms with Crippen LogP contribution in [0.3, 0.4) is 0 Å². The number of hydrogen-bond donors (Lipinski definition) is 4. The number of carbonyl (C=O) groups excluding carboxylic acids is 2. The molecule has 43 heavy (non-hydrogen) atoms. The third-order valence-corrected chi connectivity index (χ3v) is 9.16. The molecule has 4 N–H and O–H groups in total. The van der Waals surface area contributed by atoms with Crippen molar-refractivity contribution in [2.45, 2.75) is 83.0 Å². The lowest BCUT2D eigenvalue weighted by molar-refractivity contribution is -0.132. The Hall–Kier alpha value is -2.99. The van der Waals surface area contributed by atoms with Gasteiger partial charge < -0.3 is 25.8 Å². The second-order valence-corrected chi connectivity index (χ2v) is 14.7. The summed E-state index contributed by atoms with van der Waals surface area (Å²) < 4.78 is 33.9. The number of methoxy groups -OCH3 is 1. The summed E-state index contributed by atoms with van der Waals surface area (Å²) in [4.78, 5) is 26.5. The molecule has 0 spiro atoms. The lowest BCUT2D eigenvalue weighted by atomic mass is 9.85. The maximum absolute atomic E-state index is 13.7. The Morgan fingerprint density at radius 3 is 2.16 bits per heavy atom. The third kappa shape index (κ3) is 10.6. The van der Waals surface area contributed by atoms with Gasteiger partial charge in [0.25, 0.3) is 0 Å². The summed E-state index contributed by atoms with van der Waals surface area (Å²) in [7, 11) is -2.47. The first-order chi connectivity index (χ1) is 20.2. The predicted octanol–water partition coefficient (Wildman–Crippen LogP) is 2.71. The molecule has 0 heterocycles. The van der Waals surface area contributed by atoms with E-state index in [4.69, 9.17) is 4.74 Å². The first kappa shape index (κ1) is 34.5. The molecule has 3 atom stereocenters. The van der Waals surface area contributed by atoms with Gasteiger partial charge in [-0.1, -0.05) is 65.0 Å². The number of hydrogen-bond acceptors (Lipinski definition) is 7. The minimum atomic E-state index is -3.97. The molecule has 0 aliphatic heterocycles. The fourth-order valence-corrected chi connectivity index (χ4v) is 6.36. The molecule has 0 aromatic heterocycles. The van der Waals surface area contributed by atoms with E-state index in [2.05, 4.69) is 16.0 Å². The molecule has 1 aliphatic carbocycles. The SMILES string of the molecule is COc1ccc(S(=O)(=O)N(CC(C)C)CC(O)C(Cc2ccccc2)NC(=O)C(NC(=O)CNC2CC2)C(C)(C)C)cc1. The number of aliphatic hydroxyl groups excluding tert-OH is 1. The van der Waals surface area contributed by atoms with Crippen LogP contribution in [0.15, 0.2) is 59.5 Å². The zero-order chi connectivity index (χ0) is 31.8. The van der Waals surface area contributed by atoms with E-state index in [1.54, 1.807) is 12.1 Å². The van der Waals surface area contributed by atoms with Crippen LogP contribution >= 0.6 is 0 Å². The van der Waals surface area contributed by atoms with Crippen molar-refractivity contribution in [2.24, 2.45) is 11.3 Å². The molecule has 0 saturated heterocycles. The number of rotatable bonds is 16. The van der Waals surface area contributed by atoms with Gasteiger partial charge in [0.15, 0.2) is 0 Å². The number of nitrogens with zero attached hydrogens (tertiary/aromatic N) is 1. The molecule has 2 amide bonds. The standard InChI is InChI=1S/C32H48N4O6S/c1-22(2)20-36(43(40,41)26-16-14-25(42-6)15-17-26)21-28(37)27(18-23-10-8-7-9-11-23)34-31(39)30(32(3,4)5)35-29(38)19-33-24-12-13-24/h7-11,14-17,22,24,27-28,30,33,37H,12-13,18-21H2,1-6H3,(H,34,39)(H,35,38). The molecule has 0 bridgehead atoms. The summed E-state index contributed by atoms with van der Waals surface area (Å²) in [6.45, 7) is 9.45. The average Bonchev–Trinajstić information content (AvgIpc) is 3.78. The summed E-state index contributed by atoms with van der Waals surface area (Å²) in [5, 5.41) is 20.6. The quantitative estimate of drug-likeness (QED) is 0.228. The Morgan fingerprint density at radius 1 is 1.00 bits per heavy atom. The molecule has 238 valence electrons. The number of carbonyl (C=O) groups is 2. The topological polar surface area (TPSA) is 137 Å². The summed E-state index contributed by atoms with van der Waals surface area (Å²) in [5.74, 6) is -0.215. The molecule has 0 radical (unpaired) electrons. The van der Waals surface area contributed by atoms with Crippen molar-refractivity contribution < 1.29 is 27.9 Å². The van der Waals surface area contributed by atoms with Gasteiger partial charge in [-0.3, -0.25) is 9.59 Å². The first-order valence-corrected chi connectivity index (χ1v) is 16.3. The lowest BCUT2D eigenvalue weighted by Crippen LogP contribution is -2.59. The number of nitrogens with one attached hydrogen (secondary N) is 3. The number of ether oxygens (including phenoxy) is 1. The van der Waals surface area contributed by atoms with Crippen LogP contribution in [0.25, 0.3) is 0 Å². The zero-order valence-electron chi connectivity index (χ0n) is 26.2. The van der Waals surface area contributed by atoms with E-state index in [1.807, 2.05) is 65.0 Å². The van der Waals surface area contributed by atoms with Gasteiger partial charge in [-0.05, 0) is 60.4 Å². The highest BCUT2D eigenvalue weighted by Crippen LogP contribution is 2.23. The van der Waals surface area contributed by atoms with Crippen LogP contribution in [-0.4, -0.2) is 80.6 Å². The Kier molecular flexibility index (Phi) is 12.1. The van der Waals surface area contributed by atoms with Gasteiger partial charge in [-0.25, -0.2) is 8.42 Å². The largest absolute Gasteiger partial charge is 0.497 e. The van der Waals surface area contributed by atoms with Crippen molar-refractivity contribution in [3.8, 4) is 5.75 Å². The van der Waals surface area contributed by atoms with Crippen LogP contribution < -0.4 is 20.7 Å². The van der Waals surface area contributed by atoms with Gasteiger partial charge in [0, 0.05) is 19.1 Å². The summed E-state index contributed by atoms with van der Waals surface area (Å²) in [5.41, 5.74) is 0.244. The molecular formula is C32H48N4O6S. The Labute approximate surface area is 256 Å². The minimum absolute atomic E-state index is 0.0212. The van der Waals surface area contributed by atoms with Crippen LogP contribution in [-0.2, 0) is 26.0 Å². The van der Waals surface area contributed by atoms with Crippen molar-refractivity contribution in [2.75, 3.05) is 26.7 Å². The van der Waals surface area contributed by atoms with Crippen molar-refractivity contribution in [1.82, 2.24) is 20.3 Å². The molecular weight excluding hydrogens is 568 g/mol. The normalized spacial score (nSPS) is 16.0. The fraction of sp³-hybridized carbons (Fsp3) is 0.562. The Bertz CT molecular complexity index is 1290. The second kappa shape index (κ2) is 15.1. The molecule has 1 aliphatic rings. The smallest absolute Gasteiger partial charge is 0.243 e. The number of amides is 2. The van der Waals surface area contributed by atoms with E-state index >= 15 is 0 Å². The molecule has 3 rings (SSSR count). The van der Waals surface area contributed by atoms with E-state index in [9.17, 15) is 23.1 Å². The van der Waals surface area contributed by atoms with Crippen LogP contribution in [0.2, 0.25) is 0 Å². The minimum Gasteiger partial charge on any atom is -0.497 e. The maximum Gasteiger partial charge on any atom is 0.243 e.